The van der Waals surface area contributed by atoms with Crippen molar-refractivity contribution in [2.75, 3.05) is 31.1 Å². The standard InChI is InChI=1S/C15H22FN3O2S/c16-13-6-5-9-18(12-13)15-14(7-4-8-17-15)22(20,21)19-10-2-1-3-11-19/h4,7-8,13H,1-3,5-6,9-12H2. The Morgan fingerprint density at radius 2 is 1.91 bits per heavy atom. The number of piperidine rings is 2. The fourth-order valence-electron chi connectivity index (χ4n) is 3.18. The van der Waals surface area contributed by atoms with E-state index in [0.717, 1.165) is 25.7 Å². The Labute approximate surface area is 131 Å². The zero-order chi connectivity index (χ0) is 15.6. The quantitative estimate of drug-likeness (QED) is 0.854. The summed E-state index contributed by atoms with van der Waals surface area (Å²) in [6.07, 6.45) is 4.78. The van der Waals surface area contributed by atoms with Crippen LogP contribution < -0.4 is 4.90 Å². The number of nitrogens with zero attached hydrogens (tertiary/aromatic N) is 3. The van der Waals surface area contributed by atoms with Gasteiger partial charge in [-0.05, 0) is 37.8 Å². The van der Waals surface area contributed by atoms with E-state index in [1.807, 2.05) is 0 Å². The van der Waals surface area contributed by atoms with E-state index >= 15 is 0 Å². The van der Waals surface area contributed by atoms with E-state index in [4.69, 9.17) is 0 Å². The Hall–Kier alpha value is -1.21. The summed E-state index contributed by atoms with van der Waals surface area (Å²) in [4.78, 5) is 6.23. The van der Waals surface area contributed by atoms with Crippen LogP contribution in [0.25, 0.3) is 0 Å². The lowest BCUT2D eigenvalue weighted by Crippen LogP contribution is -2.40. The van der Waals surface area contributed by atoms with E-state index in [1.165, 1.54) is 4.31 Å². The van der Waals surface area contributed by atoms with Crippen molar-refractivity contribution in [1.29, 1.82) is 0 Å². The van der Waals surface area contributed by atoms with Gasteiger partial charge in [-0.15, -0.1) is 0 Å². The summed E-state index contributed by atoms with van der Waals surface area (Å²) in [7, 11) is -3.55. The number of halogens is 1. The number of rotatable bonds is 3. The molecule has 0 amide bonds. The molecular formula is C15H22FN3O2S. The second kappa shape index (κ2) is 6.50. The normalized spacial score (nSPS) is 24.4. The van der Waals surface area contributed by atoms with Gasteiger partial charge in [-0.2, -0.15) is 4.31 Å². The van der Waals surface area contributed by atoms with Gasteiger partial charge in [-0.25, -0.2) is 17.8 Å². The Kier molecular flexibility index (Phi) is 4.63. The van der Waals surface area contributed by atoms with Gasteiger partial charge < -0.3 is 4.90 Å². The molecule has 0 aromatic carbocycles. The van der Waals surface area contributed by atoms with Crippen LogP contribution in [0.1, 0.15) is 32.1 Å². The summed E-state index contributed by atoms with van der Waals surface area (Å²) in [6, 6.07) is 3.23. The van der Waals surface area contributed by atoms with Crippen LogP contribution >= 0.6 is 0 Å². The van der Waals surface area contributed by atoms with E-state index in [1.54, 1.807) is 23.2 Å². The lowest BCUT2D eigenvalue weighted by atomic mass is 10.1. The number of alkyl halides is 1. The molecule has 0 aliphatic carbocycles. The molecule has 3 rings (SSSR count). The predicted octanol–water partition coefficient (Wildman–Crippen LogP) is 2.19. The molecule has 7 heteroatoms. The van der Waals surface area contributed by atoms with Crippen molar-refractivity contribution in [3.05, 3.63) is 18.3 Å². The first-order valence-corrected chi connectivity index (χ1v) is 9.37. The molecule has 122 valence electrons. The van der Waals surface area contributed by atoms with Crippen molar-refractivity contribution in [2.24, 2.45) is 0 Å². The number of hydrogen-bond donors (Lipinski definition) is 0. The Balaban J connectivity index is 1.93. The number of aromatic nitrogens is 1. The van der Waals surface area contributed by atoms with Gasteiger partial charge >= 0.3 is 0 Å². The minimum absolute atomic E-state index is 0.214. The maximum atomic E-state index is 13.7. The van der Waals surface area contributed by atoms with E-state index in [0.29, 0.717) is 31.9 Å². The molecule has 1 unspecified atom stereocenters. The summed E-state index contributed by atoms with van der Waals surface area (Å²) in [5.74, 6) is 0.399. The molecule has 22 heavy (non-hydrogen) atoms. The van der Waals surface area contributed by atoms with Gasteiger partial charge in [-0.3, -0.25) is 0 Å². The van der Waals surface area contributed by atoms with Crippen LogP contribution in [0.2, 0.25) is 0 Å². The molecule has 1 aromatic rings. The van der Waals surface area contributed by atoms with Gasteiger partial charge in [0.2, 0.25) is 10.0 Å². The Bertz CT molecular complexity index is 617. The highest BCUT2D eigenvalue weighted by atomic mass is 32.2. The summed E-state index contributed by atoms with van der Waals surface area (Å²) in [5, 5.41) is 0. The van der Waals surface area contributed by atoms with Gasteiger partial charge in [0.1, 0.15) is 16.9 Å². The molecule has 0 saturated carbocycles. The zero-order valence-corrected chi connectivity index (χ0v) is 13.4. The lowest BCUT2D eigenvalue weighted by Gasteiger charge is -2.32. The van der Waals surface area contributed by atoms with Crippen molar-refractivity contribution in [3.8, 4) is 0 Å². The van der Waals surface area contributed by atoms with Crippen LogP contribution in [-0.4, -0.2) is 50.1 Å². The van der Waals surface area contributed by atoms with Gasteiger partial charge in [0.05, 0.1) is 6.54 Å². The zero-order valence-electron chi connectivity index (χ0n) is 12.6. The summed E-state index contributed by atoms with van der Waals surface area (Å²) < 4.78 is 41.0. The molecule has 0 bridgehead atoms. The van der Waals surface area contributed by atoms with Crippen molar-refractivity contribution in [1.82, 2.24) is 9.29 Å². The van der Waals surface area contributed by atoms with Crippen molar-refractivity contribution in [2.45, 2.75) is 43.2 Å². The number of hydrogen-bond acceptors (Lipinski definition) is 4. The second-order valence-corrected chi connectivity index (χ2v) is 7.88. The number of pyridine rings is 1. The summed E-state index contributed by atoms with van der Waals surface area (Å²) >= 11 is 0. The van der Waals surface area contributed by atoms with Crippen LogP contribution in [-0.2, 0) is 10.0 Å². The van der Waals surface area contributed by atoms with E-state index in [2.05, 4.69) is 4.98 Å². The predicted molar refractivity (Wildman–Crippen MR) is 83.2 cm³/mol. The molecule has 0 N–H and O–H groups in total. The number of anilines is 1. The molecule has 2 aliphatic heterocycles. The second-order valence-electron chi connectivity index (χ2n) is 5.98. The third kappa shape index (κ3) is 3.10. The lowest BCUT2D eigenvalue weighted by molar-refractivity contribution is 0.285. The van der Waals surface area contributed by atoms with Crippen LogP contribution in [0, 0.1) is 0 Å². The topological polar surface area (TPSA) is 53.5 Å². The van der Waals surface area contributed by atoms with Crippen molar-refractivity contribution in [3.63, 3.8) is 0 Å². The molecule has 0 radical (unpaired) electrons. The Morgan fingerprint density at radius 3 is 2.64 bits per heavy atom. The molecule has 0 spiro atoms. The molecule has 1 atom stereocenters. The molecular weight excluding hydrogens is 305 g/mol. The highest BCUT2D eigenvalue weighted by Crippen LogP contribution is 2.29. The number of sulfonamides is 1. The largest absolute Gasteiger partial charge is 0.353 e. The van der Waals surface area contributed by atoms with E-state index in [-0.39, 0.29) is 11.4 Å². The third-order valence-corrected chi connectivity index (χ3v) is 6.27. The van der Waals surface area contributed by atoms with Gasteiger partial charge in [0.15, 0.2) is 0 Å². The van der Waals surface area contributed by atoms with E-state index < -0.39 is 16.2 Å². The molecule has 1 aromatic heterocycles. The third-order valence-electron chi connectivity index (χ3n) is 4.35. The first-order valence-electron chi connectivity index (χ1n) is 7.93. The minimum atomic E-state index is -3.55. The summed E-state index contributed by atoms with van der Waals surface area (Å²) in [5.41, 5.74) is 0. The first-order chi connectivity index (χ1) is 10.6. The maximum Gasteiger partial charge on any atom is 0.246 e. The minimum Gasteiger partial charge on any atom is -0.353 e. The monoisotopic (exact) mass is 327 g/mol. The molecule has 5 nitrogen and oxygen atoms in total. The van der Waals surface area contributed by atoms with E-state index in [9.17, 15) is 12.8 Å². The summed E-state index contributed by atoms with van der Waals surface area (Å²) in [6.45, 7) is 1.99. The van der Waals surface area contributed by atoms with Crippen LogP contribution in [0.4, 0.5) is 10.2 Å². The van der Waals surface area contributed by atoms with Crippen molar-refractivity contribution >= 4 is 15.8 Å². The average molecular weight is 327 g/mol. The maximum absolute atomic E-state index is 13.7. The van der Waals surface area contributed by atoms with Gasteiger partial charge in [0, 0.05) is 25.8 Å². The fourth-order valence-corrected chi connectivity index (χ4v) is 4.86. The highest BCUT2D eigenvalue weighted by molar-refractivity contribution is 7.89. The van der Waals surface area contributed by atoms with Gasteiger partial charge in [-0.1, -0.05) is 6.42 Å². The van der Waals surface area contributed by atoms with Crippen LogP contribution in [0.3, 0.4) is 0 Å². The smallest absolute Gasteiger partial charge is 0.246 e. The fraction of sp³-hybridized carbons (Fsp3) is 0.667. The SMILES string of the molecule is O=S(=O)(c1cccnc1N1CCCC(F)C1)N1CCCCC1. The Morgan fingerprint density at radius 1 is 1.14 bits per heavy atom. The molecule has 2 fully saturated rings. The molecule has 3 heterocycles. The average Bonchev–Trinajstić information content (AvgIpc) is 2.56. The molecule has 2 saturated heterocycles. The first kappa shape index (κ1) is 15.7. The van der Waals surface area contributed by atoms with Crippen LogP contribution in [0.15, 0.2) is 23.2 Å². The van der Waals surface area contributed by atoms with Gasteiger partial charge in [0.25, 0.3) is 0 Å². The van der Waals surface area contributed by atoms with Crippen LogP contribution in [0.5, 0.6) is 0 Å². The van der Waals surface area contributed by atoms with Crippen molar-refractivity contribution < 1.29 is 12.8 Å². The highest BCUT2D eigenvalue weighted by Gasteiger charge is 2.31. The molecule has 2 aliphatic rings.